The van der Waals surface area contributed by atoms with Gasteiger partial charge in [-0.1, -0.05) is 84.0 Å². The first kappa shape index (κ1) is 27.6. The van der Waals surface area contributed by atoms with Crippen LogP contribution >= 0.6 is 12.4 Å². The van der Waals surface area contributed by atoms with Crippen molar-refractivity contribution in [2.45, 2.75) is 96.8 Å². The van der Waals surface area contributed by atoms with E-state index in [2.05, 4.69) is 6.92 Å². The van der Waals surface area contributed by atoms with Crippen LogP contribution in [0.3, 0.4) is 0 Å². The van der Waals surface area contributed by atoms with Crippen LogP contribution in [0.1, 0.15) is 96.8 Å². The van der Waals surface area contributed by atoms with Gasteiger partial charge in [0.1, 0.15) is 0 Å². The lowest BCUT2D eigenvalue weighted by atomic mass is 10.0. The number of halogens is 1. The molecule has 142 valence electrons. The molecule has 0 bridgehead atoms. The van der Waals surface area contributed by atoms with Crippen LogP contribution in [0.2, 0.25) is 0 Å². The van der Waals surface area contributed by atoms with Gasteiger partial charge in [0, 0.05) is 6.42 Å². The Kier molecular flexibility index (Phi) is 28.7. The molecule has 1 amide bonds. The Morgan fingerprint density at radius 1 is 0.696 bits per heavy atom. The van der Waals surface area contributed by atoms with Crippen LogP contribution in [0.5, 0.6) is 0 Å². The normalized spacial score (nSPS) is 9.96. The SMILES string of the molecule is CCCCCCCCCCCCCCCC(N)=O.CN(C)C.Cl. The molecule has 23 heavy (non-hydrogen) atoms. The molecular formula is C19H43ClN2O. The summed E-state index contributed by atoms with van der Waals surface area (Å²) in [6, 6.07) is 0. The van der Waals surface area contributed by atoms with Gasteiger partial charge in [-0.2, -0.15) is 0 Å². The number of rotatable bonds is 14. The number of hydrogen-bond acceptors (Lipinski definition) is 2. The van der Waals surface area contributed by atoms with Crippen molar-refractivity contribution in [2.75, 3.05) is 21.1 Å². The molecule has 0 atom stereocenters. The van der Waals surface area contributed by atoms with Gasteiger partial charge in [-0.3, -0.25) is 4.79 Å². The zero-order valence-corrected chi connectivity index (χ0v) is 17.1. The number of unbranched alkanes of at least 4 members (excludes halogenated alkanes) is 12. The van der Waals surface area contributed by atoms with Crippen molar-refractivity contribution in [2.24, 2.45) is 5.73 Å². The molecule has 0 saturated heterocycles. The Hall–Kier alpha value is -0.280. The standard InChI is InChI=1S/C16H33NO.C3H9N.ClH/c1-2-3-4-5-6-7-8-9-10-11-12-13-14-15-16(17)18;1-4(2)3;/h2-15H2,1H3,(H2,17,18);1-3H3;1H. The largest absolute Gasteiger partial charge is 0.370 e. The van der Waals surface area contributed by atoms with Crippen LogP contribution in [0, 0.1) is 0 Å². The van der Waals surface area contributed by atoms with Crippen LogP contribution in [-0.4, -0.2) is 32.0 Å². The Labute approximate surface area is 152 Å². The second kappa shape index (κ2) is 24.0. The maximum absolute atomic E-state index is 10.5. The predicted octanol–water partition coefficient (Wildman–Crippen LogP) is 5.55. The minimum absolute atomic E-state index is 0. The predicted molar refractivity (Wildman–Crippen MR) is 106 cm³/mol. The summed E-state index contributed by atoms with van der Waals surface area (Å²) in [5, 5.41) is 0. The quantitative estimate of drug-likeness (QED) is 0.417. The zero-order valence-electron chi connectivity index (χ0n) is 16.2. The third-order valence-electron chi connectivity index (χ3n) is 3.53. The highest BCUT2D eigenvalue weighted by Gasteiger charge is 1.95. The number of carbonyl (C=O) groups is 1. The highest BCUT2D eigenvalue weighted by molar-refractivity contribution is 5.85. The van der Waals surface area contributed by atoms with Gasteiger partial charge in [0.2, 0.25) is 5.91 Å². The van der Waals surface area contributed by atoms with Crippen molar-refractivity contribution < 1.29 is 4.79 Å². The van der Waals surface area contributed by atoms with E-state index in [9.17, 15) is 4.79 Å². The topological polar surface area (TPSA) is 46.3 Å². The fourth-order valence-corrected chi connectivity index (χ4v) is 2.32. The summed E-state index contributed by atoms with van der Waals surface area (Å²) in [4.78, 5) is 12.5. The maximum Gasteiger partial charge on any atom is 0.217 e. The number of hydrogen-bond donors (Lipinski definition) is 1. The summed E-state index contributed by atoms with van der Waals surface area (Å²) in [6.07, 6.45) is 17.9. The Bertz CT molecular complexity index is 221. The zero-order chi connectivity index (χ0) is 17.1. The molecule has 0 fully saturated rings. The number of primary amides is 1. The minimum atomic E-state index is -0.155. The van der Waals surface area contributed by atoms with Crippen LogP contribution in [0.15, 0.2) is 0 Å². The first-order valence-corrected chi connectivity index (χ1v) is 9.40. The van der Waals surface area contributed by atoms with E-state index in [1.54, 1.807) is 0 Å². The molecule has 0 aromatic rings. The van der Waals surface area contributed by atoms with Crippen molar-refractivity contribution >= 4 is 18.3 Å². The first-order chi connectivity index (χ1) is 10.5. The molecule has 0 aromatic heterocycles. The smallest absolute Gasteiger partial charge is 0.217 e. The van der Waals surface area contributed by atoms with Crippen LogP contribution < -0.4 is 5.73 Å². The van der Waals surface area contributed by atoms with Crippen molar-refractivity contribution in [3.8, 4) is 0 Å². The molecule has 0 rings (SSSR count). The Balaban J connectivity index is -0.000000712. The lowest BCUT2D eigenvalue weighted by Crippen LogP contribution is -2.09. The molecule has 0 radical (unpaired) electrons. The molecular weight excluding hydrogens is 308 g/mol. The molecule has 0 aliphatic heterocycles. The van der Waals surface area contributed by atoms with E-state index in [1.165, 1.54) is 77.0 Å². The van der Waals surface area contributed by atoms with E-state index < -0.39 is 0 Å². The molecule has 0 unspecified atom stereocenters. The van der Waals surface area contributed by atoms with Gasteiger partial charge < -0.3 is 10.6 Å². The molecule has 2 N–H and O–H groups in total. The van der Waals surface area contributed by atoms with Crippen molar-refractivity contribution in [1.82, 2.24) is 4.90 Å². The highest BCUT2D eigenvalue weighted by atomic mass is 35.5. The number of nitrogens with two attached hydrogens (primary N) is 1. The molecule has 4 heteroatoms. The summed E-state index contributed by atoms with van der Waals surface area (Å²) >= 11 is 0. The average Bonchev–Trinajstić information content (AvgIpc) is 2.43. The second-order valence-corrected chi connectivity index (χ2v) is 6.80. The number of nitrogens with zero attached hydrogens (tertiary/aromatic N) is 1. The Morgan fingerprint density at radius 3 is 1.22 bits per heavy atom. The van der Waals surface area contributed by atoms with Gasteiger partial charge in [-0.25, -0.2) is 0 Å². The fraction of sp³-hybridized carbons (Fsp3) is 0.947. The second-order valence-electron chi connectivity index (χ2n) is 6.80. The first-order valence-electron chi connectivity index (χ1n) is 9.40. The monoisotopic (exact) mass is 350 g/mol. The summed E-state index contributed by atoms with van der Waals surface area (Å²) < 4.78 is 0. The van der Waals surface area contributed by atoms with Gasteiger partial charge >= 0.3 is 0 Å². The molecule has 0 aliphatic rings. The van der Waals surface area contributed by atoms with Crippen LogP contribution in [0.4, 0.5) is 0 Å². The van der Waals surface area contributed by atoms with Crippen LogP contribution in [0.25, 0.3) is 0 Å². The third-order valence-corrected chi connectivity index (χ3v) is 3.53. The van der Waals surface area contributed by atoms with E-state index in [0.29, 0.717) is 6.42 Å². The van der Waals surface area contributed by atoms with E-state index >= 15 is 0 Å². The van der Waals surface area contributed by atoms with Gasteiger partial charge in [0.25, 0.3) is 0 Å². The summed E-state index contributed by atoms with van der Waals surface area (Å²) in [6.45, 7) is 2.27. The molecule has 3 nitrogen and oxygen atoms in total. The van der Waals surface area contributed by atoms with E-state index in [1.807, 2.05) is 26.0 Å². The number of carbonyl (C=O) groups excluding carboxylic acids is 1. The molecule has 0 saturated carbocycles. The average molecular weight is 351 g/mol. The summed E-state index contributed by atoms with van der Waals surface area (Å²) in [5.41, 5.74) is 5.09. The lowest BCUT2D eigenvalue weighted by Gasteiger charge is -2.02. The molecule has 0 heterocycles. The van der Waals surface area contributed by atoms with Crippen molar-refractivity contribution in [1.29, 1.82) is 0 Å². The van der Waals surface area contributed by atoms with Gasteiger partial charge in [0.05, 0.1) is 0 Å². The highest BCUT2D eigenvalue weighted by Crippen LogP contribution is 2.12. The summed E-state index contributed by atoms with van der Waals surface area (Å²) in [7, 11) is 6.00. The van der Waals surface area contributed by atoms with Crippen molar-refractivity contribution in [3.05, 3.63) is 0 Å². The van der Waals surface area contributed by atoms with Gasteiger partial charge in [-0.05, 0) is 27.6 Å². The minimum Gasteiger partial charge on any atom is -0.370 e. The molecule has 0 spiro atoms. The fourth-order valence-electron chi connectivity index (χ4n) is 2.32. The van der Waals surface area contributed by atoms with Crippen molar-refractivity contribution in [3.63, 3.8) is 0 Å². The third kappa shape index (κ3) is 39.0. The summed E-state index contributed by atoms with van der Waals surface area (Å²) in [5.74, 6) is -0.155. The molecule has 0 aliphatic carbocycles. The van der Waals surface area contributed by atoms with E-state index in [0.717, 1.165) is 6.42 Å². The van der Waals surface area contributed by atoms with E-state index in [4.69, 9.17) is 5.73 Å². The maximum atomic E-state index is 10.5. The molecule has 0 aromatic carbocycles. The lowest BCUT2D eigenvalue weighted by molar-refractivity contribution is -0.118. The van der Waals surface area contributed by atoms with Gasteiger partial charge in [0.15, 0.2) is 0 Å². The Morgan fingerprint density at radius 2 is 0.957 bits per heavy atom. The van der Waals surface area contributed by atoms with Crippen LogP contribution in [-0.2, 0) is 4.79 Å². The number of amides is 1. The van der Waals surface area contributed by atoms with Gasteiger partial charge in [-0.15, -0.1) is 12.4 Å². The van der Waals surface area contributed by atoms with E-state index in [-0.39, 0.29) is 18.3 Å².